The predicted molar refractivity (Wildman–Crippen MR) is 268 cm³/mol. The van der Waals surface area contributed by atoms with E-state index in [0.29, 0.717) is 23.0 Å². The van der Waals surface area contributed by atoms with Crippen LogP contribution < -0.4 is 4.90 Å². The van der Waals surface area contributed by atoms with E-state index >= 15 is 9.59 Å². The van der Waals surface area contributed by atoms with Crippen LogP contribution in [0.4, 0.5) is 5.69 Å². The molecule has 2 fully saturated rings. The van der Waals surface area contributed by atoms with Crippen molar-refractivity contribution in [3.05, 3.63) is 149 Å². The summed E-state index contributed by atoms with van der Waals surface area (Å²) in [5.74, 6) is 1.08. The molecule has 0 saturated heterocycles. The summed E-state index contributed by atoms with van der Waals surface area (Å²) < 4.78 is 0. The number of aryl methyl sites for hydroxylation is 2. The van der Waals surface area contributed by atoms with Crippen LogP contribution in [0.25, 0.3) is 86.5 Å². The minimum Gasteiger partial charge on any atom is -0.289 e. The van der Waals surface area contributed by atoms with Crippen molar-refractivity contribution < 1.29 is 14.4 Å². The second-order valence-corrected chi connectivity index (χ2v) is 20.0. The standard InChI is InChI=1S/C61H49NO3/c63-59-48-17-8-7-16-38(48)39-22-23-44-40-24-26-42-46-29-32-50-57-51(33-30-47(55(46)57)43-27-25-41(52(40)53(42)43)45-28-31-49(59)56(39)54(44)45)61(65)62(60(50)64)58-36(20-18-34-10-3-1-4-11-34)14-9-15-37(58)21-19-35-12-5-2-6-13-35/h7-9,14-17,22-35H,1-6,10-13,18-21H2. The molecule has 316 valence electrons. The van der Waals surface area contributed by atoms with Gasteiger partial charge in [0.2, 0.25) is 0 Å². The molecule has 0 aromatic heterocycles. The van der Waals surface area contributed by atoms with Crippen molar-refractivity contribution in [3.8, 4) is 11.1 Å². The van der Waals surface area contributed by atoms with Crippen LogP contribution in [0.5, 0.6) is 0 Å². The van der Waals surface area contributed by atoms with E-state index in [1.54, 1.807) is 4.90 Å². The highest BCUT2D eigenvalue weighted by Gasteiger charge is 2.38. The molecule has 1 heterocycles. The van der Waals surface area contributed by atoms with Gasteiger partial charge in [-0.05, 0) is 143 Å². The number of para-hydroxylation sites is 1. The number of amides is 2. The highest BCUT2D eigenvalue weighted by molar-refractivity contribution is 6.46. The summed E-state index contributed by atoms with van der Waals surface area (Å²) in [5, 5.41) is 15.3. The Labute approximate surface area is 377 Å². The lowest BCUT2D eigenvalue weighted by Gasteiger charge is -2.32. The molecule has 4 heteroatoms. The Morgan fingerprint density at radius 3 is 1.22 bits per heavy atom. The first kappa shape index (κ1) is 37.7. The number of nitrogens with zero attached hydrogens (tertiary/aromatic N) is 1. The lowest BCUT2D eigenvalue weighted by atomic mass is 9.78. The van der Waals surface area contributed by atoms with Crippen molar-refractivity contribution in [1.29, 1.82) is 0 Å². The number of rotatable bonds is 7. The largest absolute Gasteiger partial charge is 0.289 e. The van der Waals surface area contributed by atoms with E-state index in [1.807, 2.05) is 36.4 Å². The molecule has 0 spiro atoms. The normalized spacial score (nSPS) is 17.1. The molecule has 1 aliphatic heterocycles. The van der Waals surface area contributed by atoms with Crippen molar-refractivity contribution in [2.75, 3.05) is 4.90 Å². The zero-order valence-electron chi connectivity index (χ0n) is 36.7. The van der Waals surface area contributed by atoms with Crippen LogP contribution in [-0.4, -0.2) is 17.6 Å². The van der Waals surface area contributed by atoms with Gasteiger partial charge in [-0.3, -0.25) is 14.4 Å². The van der Waals surface area contributed by atoms with E-state index in [4.69, 9.17) is 0 Å². The Kier molecular flexibility index (Phi) is 8.22. The maximum atomic E-state index is 15.3. The summed E-state index contributed by atoms with van der Waals surface area (Å²) in [6, 6.07) is 40.5. The summed E-state index contributed by atoms with van der Waals surface area (Å²) in [5.41, 5.74) is 7.99. The molecule has 4 nitrogen and oxygen atoms in total. The van der Waals surface area contributed by atoms with Crippen molar-refractivity contribution >= 4 is 98.7 Å². The monoisotopic (exact) mass is 843 g/mol. The second-order valence-electron chi connectivity index (χ2n) is 20.0. The Morgan fingerprint density at radius 1 is 0.354 bits per heavy atom. The number of imide groups is 1. The average Bonchev–Trinajstić information content (AvgIpc) is 3.36. The average molecular weight is 844 g/mol. The fraction of sp³-hybridized carbons (Fsp3) is 0.262. The van der Waals surface area contributed by atoms with E-state index in [2.05, 4.69) is 78.9 Å². The summed E-state index contributed by atoms with van der Waals surface area (Å²) >= 11 is 0. The quantitative estimate of drug-likeness (QED) is 0.0912. The molecule has 0 radical (unpaired) electrons. The lowest BCUT2D eigenvalue weighted by molar-refractivity contribution is 0.0892. The van der Waals surface area contributed by atoms with E-state index in [9.17, 15) is 4.79 Å². The van der Waals surface area contributed by atoms with Gasteiger partial charge in [-0.1, -0.05) is 161 Å². The van der Waals surface area contributed by atoms with Crippen molar-refractivity contribution in [1.82, 2.24) is 0 Å². The van der Waals surface area contributed by atoms with Crippen LogP contribution in [0.3, 0.4) is 0 Å². The molecule has 65 heavy (non-hydrogen) atoms. The number of ketones is 1. The van der Waals surface area contributed by atoms with E-state index in [1.165, 1.54) is 85.8 Å². The SMILES string of the molecule is O=C1c2ccccc2-c2ccc3c4ccc5c6ccc7c8c(ccc(c9ccc(c%10ccc1c2c%103)c4c95)c86)C(=O)N(c1c(CCC2CCCCC2)cccc1CCC1CCCCC1)C7=O. The molecule has 2 saturated carbocycles. The molecule has 10 aromatic rings. The van der Waals surface area contributed by atoms with Crippen LogP contribution >= 0.6 is 0 Å². The molecular weight excluding hydrogens is 795 g/mol. The Balaban J connectivity index is 0.940. The molecular formula is C61H49NO3. The highest BCUT2D eigenvalue weighted by atomic mass is 16.2. The fourth-order valence-corrected chi connectivity index (χ4v) is 13.7. The summed E-state index contributed by atoms with van der Waals surface area (Å²) in [4.78, 5) is 46.1. The molecule has 0 atom stereocenters. The minimum absolute atomic E-state index is 0.0819. The molecule has 3 aliphatic carbocycles. The van der Waals surface area contributed by atoms with Gasteiger partial charge in [0, 0.05) is 33.0 Å². The Bertz CT molecular complexity index is 3530. The van der Waals surface area contributed by atoms with Crippen molar-refractivity contribution in [3.63, 3.8) is 0 Å². The maximum absolute atomic E-state index is 15.3. The maximum Gasteiger partial charge on any atom is 0.266 e. The zero-order valence-corrected chi connectivity index (χ0v) is 36.7. The van der Waals surface area contributed by atoms with Gasteiger partial charge < -0.3 is 0 Å². The first-order valence-corrected chi connectivity index (χ1v) is 24.5. The van der Waals surface area contributed by atoms with Crippen LogP contribution in [0.2, 0.25) is 0 Å². The van der Waals surface area contributed by atoms with Gasteiger partial charge in [0.25, 0.3) is 11.8 Å². The summed E-state index contributed by atoms with van der Waals surface area (Å²) in [6.45, 7) is 0. The second kappa shape index (κ2) is 14.2. The highest BCUT2D eigenvalue weighted by Crippen LogP contribution is 2.52. The zero-order chi connectivity index (χ0) is 43.1. The van der Waals surface area contributed by atoms with Gasteiger partial charge in [0.15, 0.2) is 5.78 Å². The molecule has 0 N–H and O–H groups in total. The van der Waals surface area contributed by atoms with E-state index < -0.39 is 0 Å². The summed E-state index contributed by atoms with van der Waals surface area (Å²) in [7, 11) is 0. The van der Waals surface area contributed by atoms with Gasteiger partial charge in [0.1, 0.15) is 0 Å². The molecule has 10 aromatic carbocycles. The lowest BCUT2D eigenvalue weighted by Crippen LogP contribution is -2.41. The number of benzene rings is 10. The van der Waals surface area contributed by atoms with Crippen molar-refractivity contribution in [2.45, 2.75) is 89.9 Å². The van der Waals surface area contributed by atoms with Gasteiger partial charge >= 0.3 is 0 Å². The van der Waals surface area contributed by atoms with Gasteiger partial charge in [-0.15, -0.1) is 0 Å². The van der Waals surface area contributed by atoms with Gasteiger partial charge in [-0.25, -0.2) is 4.90 Å². The number of hydrogen-bond donors (Lipinski definition) is 0. The van der Waals surface area contributed by atoms with Crippen molar-refractivity contribution in [2.24, 2.45) is 11.8 Å². The van der Waals surface area contributed by atoms with Crippen LogP contribution in [0.1, 0.15) is 125 Å². The first-order valence-electron chi connectivity index (χ1n) is 24.5. The molecule has 0 unspecified atom stereocenters. The Morgan fingerprint density at radius 2 is 0.738 bits per heavy atom. The van der Waals surface area contributed by atoms with Crippen LogP contribution in [0, 0.1) is 11.8 Å². The number of anilines is 1. The topological polar surface area (TPSA) is 54.5 Å². The van der Waals surface area contributed by atoms with Crippen LogP contribution in [-0.2, 0) is 12.8 Å². The first-order chi connectivity index (χ1) is 32.0. The smallest absolute Gasteiger partial charge is 0.266 e. The van der Waals surface area contributed by atoms with Gasteiger partial charge in [-0.2, -0.15) is 0 Å². The number of fused-ring (bicyclic) bond motifs is 6. The minimum atomic E-state index is -0.205. The fourth-order valence-electron chi connectivity index (χ4n) is 13.7. The third-order valence-corrected chi connectivity index (χ3v) is 16.7. The number of carbonyl (C=O) groups excluding carboxylic acids is 3. The third-order valence-electron chi connectivity index (χ3n) is 16.7. The molecule has 0 bridgehead atoms. The van der Waals surface area contributed by atoms with E-state index in [-0.39, 0.29) is 17.6 Å². The molecule has 2 amide bonds. The third kappa shape index (κ3) is 5.28. The number of carbonyl (C=O) groups is 3. The van der Waals surface area contributed by atoms with Crippen LogP contribution in [0.15, 0.2) is 115 Å². The molecule has 14 rings (SSSR count). The number of hydrogen-bond acceptors (Lipinski definition) is 3. The molecule has 4 aliphatic rings. The summed E-state index contributed by atoms with van der Waals surface area (Å²) in [6.07, 6.45) is 17.0. The van der Waals surface area contributed by atoms with Gasteiger partial charge in [0.05, 0.1) is 5.69 Å². The Hall–Kier alpha value is -6.65. The van der Waals surface area contributed by atoms with E-state index in [0.717, 1.165) is 119 Å². The predicted octanol–water partition coefficient (Wildman–Crippen LogP) is 15.7.